The maximum atomic E-state index is 12.2. The van der Waals surface area contributed by atoms with Crippen LogP contribution in [0.1, 0.15) is 19.8 Å². The third-order valence-electron chi connectivity index (χ3n) is 2.61. The number of hydrogen-bond donors (Lipinski definition) is 2. The SMILES string of the molecule is CCNC(=NCCCCSC)NCCN(C)CC(F)(F)F.I. The number of guanidine groups is 1. The molecule has 0 fully saturated rings. The van der Waals surface area contributed by atoms with Gasteiger partial charge in [0, 0.05) is 26.2 Å². The van der Waals surface area contributed by atoms with Gasteiger partial charge in [-0.25, -0.2) is 0 Å². The first kappa shape index (κ1) is 24.4. The van der Waals surface area contributed by atoms with E-state index in [-0.39, 0.29) is 24.0 Å². The fourth-order valence-corrected chi connectivity index (χ4v) is 2.13. The summed E-state index contributed by atoms with van der Waals surface area (Å²) in [5, 5.41) is 6.14. The topological polar surface area (TPSA) is 39.7 Å². The molecular formula is C13H28F3IN4S. The van der Waals surface area contributed by atoms with Crippen LogP contribution < -0.4 is 10.6 Å². The summed E-state index contributed by atoms with van der Waals surface area (Å²) in [6.45, 7) is 3.28. The number of nitrogens with zero attached hydrogens (tertiary/aromatic N) is 2. The normalized spacial score (nSPS) is 12.2. The Kier molecular flexibility index (Phi) is 16.2. The van der Waals surface area contributed by atoms with E-state index in [9.17, 15) is 13.2 Å². The zero-order valence-electron chi connectivity index (χ0n) is 13.5. The summed E-state index contributed by atoms with van der Waals surface area (Å²) in [6, 6.07) is 0. The number of thioether (sulfide) groups is 1. The summed E-state index contributed by atoms with van der Waals surface area (Å²) >= 11 is 1.82. The number of nitrogens with one attached hydrogen (secondary N) is 2. The van der Waals surface area contributed by atoms with Gasteiger partial charge in [0.25, 0.3) is 0 Å². The molecule has 9 heteroatoms. The molecule has 22 heavy (non-hydrogen) atoms. The Morgan fingerprint density at radius 1 is 1.23 bits per heavy atom. The molecule has 0 radical (unpaired) electrons. The molecule has 0 atom stereocenters. The van der Waals surface area contributed by atoms with Crippen LogP contribution in [0.5, 0.6) is 0 Å². The van der Waals surface area contributed by atoms with Crippen molar-refractivity contribution in [2.45, 2.75) is 25.9 Å². The van der Waals surface area contributed by atoms with E-state index in [1.807, 2.05) is 18.7 Å². The second-order valence-electron chi connectivity index (χ2n) is 4.74. The van der Waals surface area contributed by atoms with E-state index < -0.39 is 12.7 Å². The highest BCUT2D eigenvalue weighted by Crippen LogP contribution is 2.14. The number of rotatable bonds is 10. The molecule has 4 nitrogen and oxygen atoms in total. The van der Waals surface area contributed by atoms with Crippen molar-refractivity contribution < 1.29 is 13.2 Å². The van der Waals surface area contributed by atoms with E-state index in [4.69, 9.17) is 0 Å². The number of alkyl halides is 3. The van der Waals surface area contributed by atoms with Crippen LogP contribution in [-0.2, 0) is 0 Å². The predicted octanol–water partition coefficient (Wildman–Crippen LogP) is 2.80. The molecule has 0 rings (SSSR count). The van der Waals surface area contributed by atoms with Crippen LogP contribution in [0.3, 0.4) is 0 Å². The van der Waals surface area contributed by atoms with Gasteiger partial charge in [0.15, 0.2) is 5.96 Å². The fourth-order valence-electron chi connectivity index (χ4n) is 1.64. The molecule has 0 unspecified atom stereocenters. The molecule has 2 N–H and O–H groups in total. The van der Waals surface area contributed by atoms with Crippen LogP contribution in [0.2, 0.25) is 0 Å². The average molecular weight is 456 g/mol. The molecule has 0 saturated heterocycles. The molecule has 0 amide bonds. The van der Waals surface area contributed by atoms with E-state index in [1.54, 1.807) is 0 Å². The van der Waals surface area contributed by atoms with Gasteiger partial charge in [0.05, 0.1) is 6.54 Å². The number of halogens is 4. The average Bonchev–Trinajstić information content (AvgIpc) is 2.36. The van der Waals surface area contributed by atoms with Crippen LogP contribution in [0.25, 0.3) is 0 Å². The zero-order chi connectivity index (χ0) is 16.1. The summed E-state index contributed by atoms with van der Waals surface area (Å²) < 4.78 is 36.5. The minimum Gasteiger partial charge on any atom is -0.357 e. The zero-order valence-corrected chi connectivity index (χ0v) is 16.6. The van der Waals surface area contributed by atoms with Gasteiger partial charge in [-0.1, -0.05) is 0 Å². The minimum absolute atomic E-state index is 0. The molecule has 0 aromatic heterocycles. The largest absolute Gasteiger partial charge is 0.401 e. The summed E-state index contributed by atoms with van der Waals surface area (Å²) in [7, 11) is 1.46. The molecule has 0 aliphatic heterocycles. The number of unbranched alkanes of at least 4 members (excludes halogenated alkanes) is 1. The number of hydrogen-bond acceptors (Lipinski definition) is 3. The highest BCUT2D eigenvalue weighted by molar-refractivity contribution is 14.0. The van der Waals surface area contributed by atoms with Crippen molar-refractivity contribution in [3.63, 3.8) is 0 Å². The lowest BCUT2D eigenvalue weighted by Gasteiger charge is -2.19. The van der Waals surface area contributed by atoms with Gasteiger partial charge in [-0.3, -0.25) is 9.89 Å². The number of likely N-dealkylation sites (N-methyl/N-ethyl adjacent to an activating group) is 1. The van der Waals surface area contributed by atoms with Crippen molar-refractivity contribution in [3.05, 3.63) is 0 Å². The van der Waals surface area contributed by atoms with Gasteiger partial charge in [-0.2, -0.15) is 24.9 Å². The Morgan fingerprint density at radius 3 is 2.45 bits per heavy atom. The fraction of sp³-hybridized carbons (Fsp3) is 0.923. The van der Waals surface area contributed by atoms with E-state index in [0.29, 0.717) is 19.0 Å². The van der Waals surface area contributed by atoms with Crippen molar-refractivity contribution in [2.24, 2.45) is 4.99 Å². The molecule has 0 aliphatic rings. The Morgan fingerprint density at radius 2 is 1.91 bits per heavy atom. The van der Waals surface area contributed by atoms with Crippen molar-refractivity contribution in [1.29, 1.82) is 0 Å². The van der Waals surface area contributed by atoms with Gasteiger partial charge >= 0.3 is 6.18 Å². The first-order valence-corrected chi connectivity index (χ1v) is 8.54. The molecule has 0 aliphatic carbocycles. The van der Waals surface area contributed by atoms with E-state index in [2.05, 4.69) is 21.9 Å². The summed E-state index contributed by atoms with van der Waals surface area (Å²) in [4.78, 5) is 5.65. The number of aliphatic imine (C=N–C) groups is 1. The van der Waals surface area contributed by atoms with Gasteiger partial charge < -0.3 is 10.6 Å². The summed E-state index contributed by atoms with van der Waals surface area (Å²) in [6.07, 6.45) is 0.0702. The van der Waals surface area contributed by atoms with Crippen molar-refractivity contribution >= 4 is 41.7 Å². The second-order valence-corrected chi connectivity index (χ2v) is 5.73. The molecule has 0 spiro atoms. The second kappa shape index (κ2) is 14.7. The quantitative estimate of drug-likeness (QED) is 0.230. The van der Waals surface area contributed by atoms with Gasteiger partial charge in [-0.15, -0.1) is 24.0 Å². The van der Waals surface area contributed by atoms with Crippen LogP contribution in [0, 0.1) is 0 Å². The summed E-state index contributed by atoms with van der Waals surface area (Å²) in [5.74, 6) is 1.80. The lowest BCUT2D eigenvalue weighted by atomic mass is 10.3. The van der Waals surface area contributed by atoms with Crippen molar-refractivity contribution in [3.8, 4) is 0 Å². The molecule has 134 valence electrons. The highest BCUT2D eigenvalue weighted by Gasteiger charge is 2.28. The van der Waals surface area contributed by atoms with Crippen molar-refractivity contribution in [2.75, 3.05) is 51.8 Å². The molecule has 0 heterocycles. The monoisotopic (exact) mass is 456 g/mol. The lowest BCUT2D eigenvalue weighted by molar-refractivity contribution is -0.142. The van der Waals surface area contributed by atoms with Crippen LogP contribution >= 0.6 is 35.7 Å². The maximum absolute atomic E-state index is 12.2. The Balaban J connectivity index is 0. The smallest absolute Gasteiger partial charge is 0.357 e. The van der Waals surface area contributed by atoms with E-state index in [0.717, 1.165) is 31.7 Å². The van der Waals surface area contributed by atoms with Gasteiger partial charge in [0.1, 0.15) is 0 Å². The van der Waals surface area contributed by atoms with Crippen LogP contribution in [0.15, 0.2) is 4.99 Å². The molecule has 0 aromatic carbocycles. The Labute approximate surface area is 153 Å². The van der Waals surface area contributed by atoms with E-state index >= 15 is 0 Å². The van der Waals surface area contributed by atoms with Crippen LogP contribution in [-0.4, -0.2) is 68.8 Å². The Bertz CT molecular complexity index is 291. The lowest BCUT2D eigenvalue weighted by Crippen LogP contribution is -2.42. The minimum atomic E-state index is -4.15. The van der Waals surface area contributed by atoms with Gasteiger partial charge in [0.2, 0.25) is 0 Å². The van der Waals surface area contributed by atoms with Gasteiger partial charge in [-0.05, 0) is 38.8 Å². The molecular weight excluding hydrogens is 428 g/mol. The van der Waals surface area contributed by atoms with Crippen LogP contribution in [0.4, 0.5) is 13.2 Å². The molecule has 0 bridgehead atoms. The van der Waals surface area contributed by atoms with Crippen molar-refractivity contribution in [1.82, 2.24) is 15.5 Å². The molecule has 0 saturated carbocycles. The highest BCUT2D eigenvalue weighted by atomic mass is 127. The Hall–Kier alpha value is 0.1000. The summed E-state index contributed by atoms with van der Waals surface area (Å²) in [5.41, 5.74) is 0. The predicted molar refractivity (Wildman–Crippen MR) is 101 cm³/mol. The first-order chi connectivity index (χ1) is 9.89. The first-order valence-electron chi connectivity index (χ1n) is 7.15. The van der Waals surface area contributed by atoms with E-state index in [1.165, 1.54) is 11.9 Å². The standard InChI is InChI=1S/C13H27F3N4S.HI/c1-4-17-12(18-7-5-6-10-21-3)19-8-9-20(2)11-13(14,15)16;/h4-11H2,1-3H3,(H2,17,18,19);1H. The third kappa shape index (κ3) is 16.5. The third-order valence-corrected chi connectivity index (χ3v) is 3.30. The maximum Gasteiger partial charge on any atom is 0.401 e. The molecule has 0 aromatic rings.